The number of oxazole rings is 1. The van der Waals surface area contributed by atoms with Gasteiger partial charge in [-0.15, -0.1) is 0 Å². The number of hydrogen-bond acceptors (Lipinski definition) is 4. The highest BCUT2D eigenvalue weighted by molar-refractivity contribution is 7.84. The molecule has 2 aromatic rings. The molecule has 0 saturated carbocycles. The topological polar surface area (TPSA) is 69.1 Å². The van der Waals surface area contributed by atoms with Crippen molar-refractivity contribution in [3.8, 4) is 0 Å². The zero-order chi connectivity index (χ0) is 11.7. The molecule has 2 rings (SSSR count). The van der Waals surface area contributed by atoms with E-state index in [4.69, 9.17) is 10.2 Å². The minimum Gasteiger partial charge on any atom is -0.430 e. The van der Waals surface area contributed by atoms with Crippen LogP contribution in [0.5, 0.6) is 0 Å². The van der Waals surface area contributed by atoms with Crippen LogP contribution in [0.3, 0.4) is 0 Å². The van der Waals surface area contributed by atoms with Gasteiger partial charge in [0.15, 0.2) is 5.58 Å². The zero-order valence-electron chi connectivity index (χ0n) is 9.27. The van der Waals surface area contributed by atoms with Gasteiger partial charge in [-0.1, -0.05) is 13.8 Å². The van der Waals surface area contributed by atoms with E-state index in [0.29, 0.717) is 28.5 Å². The molecule has 0 radical (unpaired) electrons. The molecule has 16 heavy (non-hydrogen) atoms. The standard InChI is InChI=1S/C11H14N2O2S/c1-7(2)6-16(14)11-13-9-5-8(12)3-4-10(9)15-11/h3-5,7H,6,12H2,1-2H3. The smallest absolute Gasteiger partial charge is 0.287 e. The van der Waals surface area contributed by atoms with Crippen molar-refractivity contribution in [2.45, 2.75) is 19.1 Å². The molecule has 1 aromatic heterocycles. The fourth-order valence-corrected chi connectivity index (χ4v) is 2.53. The SMILES string of the molecule is CC(C)CS(=O)c1nc2cc(N)ccc2o1. The van der Waals surface area contributed by atoms with Gasteiger partial charge >= 0.3 is 0 Å². The number of nitrogens with two attached hydrogens (primary N) is 1. The summed E-state index contributed by atoms with van der Waals surface area (Å²) in [6.07, 6.45) is 0. The second-order valence-corrected chi connectivity index (χ2v) is 5.49. The number of fused-ring (bicyclic) bond motifs is 1. The third kappa shape index (κ3) is 2.24. The molecular weight excluding hydrogens is 224 g/mol. The Hall–Kier alpha value is -1.36. The second-order valence-electron chi connectivity index (χ2n) is 4.11. The Kier molecular flexibility index (Phi) is 2.96. The molecule has 4 nitrogen and oxygen atoms in total. The lowest BCUT2D eigenvalue weighted by atomic mass is 10.3. The first kappa shape index (κ1) is 11.1. The first-order valence-corrected chi connectivity index (χ1v) is 6.42. The van der Waals surface area contributed by atoms with Crippen molar-refractivity contribution in [2.24, 2.45) is 5.92 Å². The van der Waals surface area contributed by atoms with Crippen molar-refractivity contribution < 1.29 is 8.63 Å². The Balaban J connectivity index is 2.36. The number of aromatic nitrogens is 1. The summed E-state index contributed by atoms with van der Waals surface area (Å²) in [5, 5.41) is 0.286. The van der Waals surface area contributed by atoms with Gasteiger partial charge in [-0.25, -0.2) is 9.19 Å². The van der Waals surface area contributed by atoms with Crippen molar-refractivity contribution in [3.63, 3.8) is 0 Å². The van der Waals surface area contributed by atoms with Crippen LogP contribution >= 0.6 is 0 Å². The summed E-state index contributed by atoms with van der Waals surface area (Å²) in [4.78, 5) is 4.18. The molecule has 0 spiro atoms. The highest BCUT2D eigenvalue weighted by Gasteiger charge is 2.14. The first-order chi connectivity index (χ1) is 7.56. The number of hydrogen-bond donors (Lipinski definition) is 1. The quantitative estimate of drug-likeness (QED) is 0.832. The van der Waals surface area contributed by atoms with Crippen molar-refractivity contribution in [2.75, 3.05) is 11.5 Å². The van der Waals surface area contributed by atoms with Crippen LogP contribution in [0.1, 0.15) is 13.8 Å². The molecule has 2 N–H and O–H groups in total. The summed E-state index contributed by atoms with van der Waals surface area (Å²) in [5.41, 5.74) is 7.54. The Morgan fingerprint density at radius 3 is 2.94 bits per heavy atom. The van der Waals surface area contributed by atoms with Gasteiger partial charge in [0.2, 0.25) is 0 Å². The molecule has 0 bridgehead atoms. The maximum Gasteiger partial charge on any atom is 0.287 e. The Bertz CT molecular complexity index is 534. The minimum atomic E-state index is -1.17. The predicted molar refractivity (Wildman–Crippen MR) is 64.5 cm³/mol. The molecule has 1 heterocycles. The number of benzene rings is 1. The monoisotopic (exact) mass is 238 g/mol. The maximum atomic E-state index is 11.8. The van der Waals surface area contributed by atoms with Crippen molar-refractivity contribution in [1.82, 2.24) is 4.98 Å². The Labute approximate surface area is 96.3 Å². The van der Waals surface area contributed by atoms with Crippen LogP contribution in [0, 0.1) is 5.92 Å². The molecule has 0 aliphatic carbocycles. The van der Waals surface area contributed by atoms with Crippen LogP contribution in [0.25, 0.3) is 11.1 Å². The van der Waals surface area contributed by atoms with Gasteiger partial charge in [-0.2, -0.15) is 0 Å². The molecule has 5 heteroatoms. The molecule has 0 aliphatic heterocycles. The summed E-state index contributed by atoms with van der Waals surface area (Å²) in [6, 6.07) is 5.20. The molecule has 0 amide bonds. The van der Waals surface area contributed by atoms with E-state index in [1.165, 1.54) is 0 Å². The van der Waals surface area contributed by atoms with Crippen LogP contribution < -0.4 is 5.73 Å². The lowest BCUT2D eigenvalue weighted by molar-refractivity contribution is 0.476. The minimum absolute atomic E-state index is 0.286. The predicted octanol–water partition coefficient (Wildman–Crippen LogP) is 2.17. The van der Waals surface area contributed by atoms with Gasteiger partial charge in [0, 0.05) is 11.4 Å². The van der Waals surface area contributed by atoms with Crippen molar-refractivity contribution in [3.05, 3.63) is 18.2 Å². The summed E-state index contributed by atoms with van der Waals surface area (Å²) in [5.74, 6) is 0.906. The van der Waals surface area contributed by atoms with Gasteiger partial charge in [0.25, 0.3) is 5.22 Å². The lowest BCUT2D eigenvalue weighted by Gasteiger charge is -1.99. The third-order valence-corrected chi connectivity index (χ3v) is 3.61. The van der Waals surface area contributed by atoms with E-state index in [1.54, 1.807) is 18.2 Å². The molecule has 0 saturated heterocycles. The lowest BCUT2D eigenvalue weighted by Crippen LogP contribution is -2.04. The number of nitrogens with zero attached hydrogens (tertiary/aromatic N) is 1. The van der Waals surface area contributed by atoms with Gasteiger partial charge in [-0.3, -0.25) is 0 Å². The van der Waals surface area contributed by atoms with E-state index >= 15 is 0 Å². The molecule has 1 unspecified atom stereocenters. The molecule has 0 fully saturated rings. The molecule has 1 aromatic carbocycles. The number of nitrogen functional groups attached to an aromatic ring is 1. The van der Waals surface area contributed by atoms with Crippen molar-refractivity contribution in [1.29, 1.82) is 0 Å². The molecule has 86 valence electrons. The van der Waals surface area contributed by atoms with Crippen LogP contribution in [0.4, 0.5) is 5.69 Å². The second kappa shape index (κ2) is 4.25. The fraction of sp³-hybridized carbons (Fsp3) is 0.364. The summed E-state index contributed by atoms with van der Waals surface area (Å²) in [6.45, 7) is 4.02. The third-order valence-electron chi connectivity index (χ3n) is 2.07. The Morgan fingerprint density at radius 2 is 2.25 bits per heavy atom. The number of rotatable bonds is 3. The van der Waals surface area contributed by atoms with E-state index in [-0.39, 0.29) is 5.22 Å². The average Bonchev–Trinajstić information content (AvgIpc) is 2.59. The van der Waals surface area contributed by atoms with Crippen molar-refractivity contribution >= 4 is 27.6 Å². The average molecular weight is 238 g/mol. The van der Waals surface area contributed by atoms with Crippen LogP contribution in [-0.4, -0.2) is 14.9 Å². The van der Waals surface area contributed by atoms with E-state index in [2.05, 4.69) is 4.98 Å². The molecule has 0 aliphatic rings. The normalized spacial score (nSPS) is 13.4. The van der Waals surface area contributed by atoms with Gasteiger partial charge in [0.1, 0.15) is 16.3 Å². The van der Waals surface area contributed by atoms with Crippen LogP contribution in [0.15, 0.2) is 27.8 Å². The van der Waals surface area contributed by atoms with Crippen LogP contribution in [0.2, 0.25) is 0 Å². The highest BCUT2D eigenvalue weighted by atomic mass is 32.2. The largest absolute Gasteiger partial charge is 0.430 e. The first-order valence-electron chi connectivity index (χ1n) is 5.10. The highest BCUT2D eigenvalue weighted by Crippen LogP contribution is 2.20. The summed E-state index contributed by atoms with van der Waals surface area (Å²) in [7, 11) is -1.17. The summed E-state index contributed by atoms with van der Waals surface area (Å²) < 4.78 is 17.3. The van der Waals surface area contributed by atoms with Gasteiger partial charge in [-0.05, 0) is 24.1 Å². The van der Waals surface area contributed by atoms with Gasteiger partial charge in [0.05, 0.1) is 0 Å². The van der Waals surface area contributed by atoms with E-state index in [1.807, 2.05) is 13.8 Å². The molecular formula is C11H14N2O2S. The Morgan fingerprint density at radius 1 is 1.50 bits per heavy atom. The summed E-state index contributed by atoms with van der Waals surface area (Å²) >= 11 is 0. The number of anilines is 1. The molecule has 1 atom stereocenters. The van der Waals surface area contributed by atoms with E-state index < -0.39 is 10.8 Å². The maximum absolute atomic E-state index is 11.8. The van der Waals surface area contributed by atoms with E-state index in [9.17, 15) is 4.21 Å². The fourth-order valence-electron chi connectivity index (χ4n) is 1.39. The van der Waals surface area contributed by atoms with Crippen LogP contribution in [-0.2, 0) is 10.8 Å². The van der Waals surface area contributed by atoms with Gasteiger partial charge < -0.3 is 10.2 Å². The zero-order valence-corrected chi connectivity index (χ0v) is 10.1. The van der Waals surface area contributed by atoms with E-state index in [0.717, 1.165) is 0 Å².